The SMILES string of the molecule is Cc1ccc(NC(=O)COC(=O)/C=C/c2ccc(Br)cc2)c(C)c1. The van der Waals surface area contributed by atoms with Gasteiger partial charge in [0.1, 0.15) is 0 Å². The maximum Gasteiger partial charge on any atom is 0.331 e. The van der Waals surface area contributed by atoms with Gasteiger partial charge in [0, 0.05) is 16.2 Å². The molecule has 5 heteroatoms. The first kappa shape index (κ1) is 17.9. The number of rotatable bonds is 5. The molecule has 0 saturated heterocycles. The fourth-order valence-corrected chi connectivity index (χ4v) is 2.33. The standard InChI is InChI=1S/C19H18BrNO3/c1-13-3-9-17(14(2)11-13)21-18(22)12-24-19(23)10-6-15-4-7-16(20)8-5-15/h3-11H,12H2,1-2H3,(H,21,22)/b10-6+. The zero-order valence-corrected chi connectivity index (χ0v) is 15.1. The predicted octanol–water partition coefficient (Wildman–Crippen LogP) is 4.26. The maximum absolute atomic E-state index is 11.8. The van der Waals surface area contributed by atoms with Crippen LogP contribution in [0.5, 0.6) is 0 Å². The molecule has 0 aliphatic heterocycles. The van der Waals surface area contributed by atoms with Gasteiger partial charge >= 0.3 is 5.97 Å². The number of hydrogen-bond acceptors (Lipinski definition) is 3. The van der Waals surface area contributed by atoms with Crippen LogP contribution in [-0.4, -0.2) is 18.5 Å². The number of carbonyl (C=O) groups is 2. The molecule has 0 aliphatic rings. The Bertz CT molecular complexity index is 767. The molecule has 4 nitrogen and oxygen atoms in total. The second-order valence-electron chi connectivity index (χ2n) is 5.36. The van der Waals surface area contributed by atoms with E-state index in [0.29, 0.717) is 5.69 Å². The Kier molecular flexibility index (Phi) is 6.32. The molecule has 0 aromatic heterocycles. The van der Waals surface area contributed by atoms with E-state index < -0.39 is 5.97 Å². The topological polar surface area (TPSA) is 55.4 Å². The minimum Gasteiger partial charge on any atom is -0.452 e. The van der Waals surface area contributed by atoms with E-state index in [9.17, 15) is 9.59 Å². The molecule has 2 aromatic carbocycles. The summed E-state index contributed by atoms with van der Waals surface area (Å²) in [4.78, 5) is 23.5. The fourth-order valence-electron chi connectivity index (χ4n) is 2.06. The molecule has 0 saturated carbocycles. The van der Waals surface area contributed by atoms with Crippen LogP contribution >= 0.6 is 15.9 Å². The lowest BCUT2D eigenvalue weighted by Crippen LogP contribution is -2.20. The molecule has 0 bridgehead atoms. The third kappa shape index (κ3) is 5.66. The minimum atomic E-state index is -0.561. The molecule has 0 atom stereocenters. The number of nitrogens with one attached hydrogen (secondary N) is 1. The second kappa shape index (κ2) is 8.45. The molecule has 0 aliphatic carbocycles. The van der Waals surface area contributed by atoms with Crippen LogP contribution in [0, 0.1) is 13.8 Å². The predicted molar refractivity (Wildman–Crippen MR) is 98.7 cm³/mol. The zero-order valence-electron chi connectivity index (χ0n) is 13.5. The Labute approximate surface area is 149 Å². The summed E-state index contributed by atoms with van der Waals surface area (Å²) in [5, 5.41) is 2.73. The van der Waals surface area contributed by atoms with E-state index in [1.807, 2.05) is 56.3 Å². The molecule has 2 rings (SSSR count). The van der Waals surface area contributed by atoms with E-state index >= 15 is 0 Å². The largest absolute Gasteiger partial charge is 0.452 e. The van der Waals surface area contributed by atoms with Crippen LogP contribution < -0.4 is 5.32 Å². The van der Waals surface area contributed by atoms with Crippen molar-refractivity contribution in [3.63, 3.8) is 0 Å². The van der Waals surface area contributed by atoms with Crippen molar-refractivity contribution in [1.82, 2.24) is 0 Å². The molecule has 0 radical (unpaired) electrons. The van der Waals surface area contributed by atoms with Gasteiger partial charge in [-0.1, -0.05) is 45.8 Å². The van der Waals surface area contributed by atoms with E-state index in [1.165, 1.54) is 6.08 Å². The molecule has 0 unspecified atom stereocenters. The van der Waals surface area contributed by atoms with E-state index in [-0.39, 0.29) is 12.5 Å². The van der Waals surface area contributed by atoms with Gasteiger partial charge in [-0.25, -0.2) is 4.79 Å². The Morgan fingerprint density at radius 2 is 1.83 bits per heavy atom. The van der Waals surface area contributed by atoms with Crippen LogP contribution in [0.3, 0.4) is 0 Å². The number of ether oxygens (including phenoxy) is 1. The summed E-state index contributed by atoms with van der Waals surface area (Å²) in [7, 11) is 0. The van der Waals surface area contributed by atoms with Gasteiger partial charge in [-0.05, 0) is 49.2 Å². The van der Waals surface area contributed by atoms with Crippen LogP contribution in [0.4, 0.5) is 5.69 Å². The van der Waals surface area contributed by atoms with Crippen LogP contribution in [0.15, 0.2) is 53.0 Å². The zero-order chi connectivity index (χ0) is 17.5. The van der Waals surface area contributed by atoms with E-state index in [1.54, 1.807) is 6.08 Å². The van der Waals surface area contributed by atoms with Gasteiger partial charge in [0.2, 0.25) is 0 Å². The van der Waals surface area contributed by atoms with Gasteiger partial charge in [0.05, 0.1) is 0 Å². The highest BCUT2D eigenvalue weighted by atomic mass is 79.9. The average molecular weight is 388 g/mol. The molecular weight excluding hydrogens is 370 g/mol. The van der Waals surface area contributed by atoms with Crippen LogP contribution in [0.25, 0.3) is 6.08 Å². The molecule has 0 fully saturated rings. The number of halogens is 1. The maximum atomic E-state index is 11.8. The summed E-state index contributed by atoms with van der Waals surface area (Å²) in [5.74, 6) is -0.930. The number of anilines is 1. The quantitative estimate of drug-likeness (QED) is 0.615. The van der Waals surface area contributed by atoms with E-state index in [0.717, 1.165) is 21.2 Å². The van der Waals surface area contributed by atoms with Crippen LogP contribution in [0.1, 0.15) is 16.7 Å². The van der Waals surface area contributed by atoms with Gasteiger partial charge in [0.15, 0.2) is 6.61 Å². The minimum absolute atomic E-state index is 0.323. The monoisotopic (exact) mass is 387 g/mol. The van der Waals surface area contributed by atoms with Crippen molar-refractivity contribution in [2.45, 2.75) is 13.8 Å². The summed E-state index contributed by atoms with van der Waals surface area (Å²) in [5.41, 5.74) is 3.67. The summed E-state index contributed by atoms with van der Waals surface area (Å²) in [6.45, 7) is 3.57. The van der Waals surface area contributed by atoms with Gasteiger partial charge in [-0.3, -0.25) is 4.79 Å². The summed E-state index contributed by atoms with van der Waals surface area (Å²) in [6, 6.07) is 13.2. The number of hydrogen-bond donors (Lipinski definition) is 1. The van der Waals surface area contributed by atoms with Crippen molar-refractivity contribution in [2.75, 3.05) is 11.9 Å². The summed E-state index contributed by atoms with van der Waals surface area (Å²) >= 11 is 3.34. The van der Waals surface area contributed by atoms with Crippen molar-refractivity contribution in [1.29, 1.82) is 0 Å². The van der Waals surface area contributed by atoms with Gasteiger partial charge in [-0.15, -0.1) is 0 Å². The Hall–Kier alpha value is -2.40. The lowest BCUT2D eigenvalue weighted by atomic mass is 10.1. The molecule has 124 valence electrons. The third-order valence-electron chi connectivity index (χ3n) is 3.28. The number of aryl methyl sites for hydroxylation is 2. The first-order valence-electron chi connectivity index (χ1n) is 7.41. The summed E-state index contributed by atoms with van der Waals surface area (Å²) in [6.07, 6.45) is 2.93. The molecule has 1 N–H and O–H groups in total. The number of amides is 1. The third-order valence-corrected chi connectivity index (χ3v) is 3.81. The summed E-state index contributed by atoms with van der Waals surface area (Å²) < 4.78 is 5.90. The first-order chi connectivity index (χ1) is 11.4. The smallest absolute Gasteiger partial charge is 0.331 e. The van der Waals surface area contributed by atoms with Gasteiger partial charge in [0.25, 0.3) is 5.91 Å². The number of esters is 1. The fraction of sp³-hybridized carbons (Fsp3) is 0.158. The van der Waals surface area contributed by atoms with Gasteiger partial charge < -0.3 is 10.1 Å². The highest BCUT2D eigenvalue weighted by Crippen LogP contribution is 2.15. The Morgan fingerprint density at radius 3 is 2.50 bits per heavy atom. The normalized spacial score (nSPS) is 10.6. The molecule has 0 spiro atoms. The highest BCUT2D eigenvalue weighted by molar-refractivity contribution is 9.10. The van der Waals surface area contributed by atoms with Crippen molar-refractivity contribution >= 4 is 39.6 Å². The lowest BCUT2D eigenvalue weighted by Gasteiger charge is -2.09. The Balaban J connectivity index is 1.82. The van der Waals surface area contributed by atoms with Crippen molar-refractivity contribution in [2.24, 2.45) is 0 Å². The van der Waals surface area contributed by atoms with E-state index in [2.05, 4.69) is 21.2 Å². The Morgan fingerprint density at radius 1 is 1.12 bits per heavy atom. The van der Waals surface area contributed by atoms with Crippen molar-refractivity contribution < 1.29 is 14.3 Å². The van der Waals surface area contributed by atoms with Crippen LogP contribution in [0.2, 0.25) is 0 Å². The molecule has 24 heavy (non-hydrogen) atoms. The van der Waals surface area contributed by atoms with Crippen molar-refractivity contribution in [3.05, 3.63) is 69.7 Å². The average Bonchev–Trinajstić information content (AvgIpc) is 2.55. The van der Waals surface area contributed by atoms with Crippen molar-refractivity contribution in [3.8, 4) is 0 Å². The molecular formula is C19H18BrNO3. The number of benzene rings is 2. The first-order valence-corrected chi connectivity index (χ1v) is 8.21. The van der Waals surface area contributed by atoms with Gasteiger partial charge in [-0.2, -0.15) is 0 Å². The molecule has 2 aromatic rings. The molecule has 0 heterocycles. The highest BCUT2D eigenvalue weighted by Gasteiger charge is 2.07. The number of carbonyl (C=O) groups excluding carboxylic acids is 2. The lowest BCUT2D eigenvalue weighted by molar-refractivity contribution is -0.142. The van der Waals surface area contributed by atoms with E-state index in [4.69, 9.17) is 4.74 Å². The second-order valence-corrected chi connectivity index (χ2v) is 6.27. The molecule has 1 amide bonds. The van der Waals surface area contributed by atoms with Crippen LogP contribution in [-0.2, 0) is 14.3 Å².